The number of nitrogens with one attached hydrogen (secondary N) is 3. The van der Waals surface area contributed by atoms with Gasteiger partial charge in [0.1, 0.15) is 12.1 Å². The fraction of sp³-hybridized carbons (Fsp3) is 0.769. The van der Waals surface area contributed by atoms with Crippen molar-refractivity contribution in [2.24, 2.45) is 0 Å². The zero-order valence-corrected chi connectivity index (χ0v) is 11.8. The van der Waals surface area contributed by atoms with Crippen LogP contribution in [0.2, 0.25) is 0 Å². The van der Waals surface area contributed by atoms with Crippen molar-refractivity contribution in [1.82, 2.24) is 20.9 Å². The molecule has 1 saturated heterocycles. The number of carbonyl (C=O) groups is 3. The van der Waals surface area contributed by atoms with Gasteiger partial charge in [0.2, 0.25) is 5.91 Å². The van der Waals surface area contributed by atoms with E-state index in [0.717, 1.165) is 24.3 Å². The Labute approximate surface area is 118 Å². The molecule has 0 bridgehead atoms. The molecule has 4 amide bonds. The van der Waals surface area contributed by atoms with Gasteiger partial charge < -0.3 is 16.0 Å². The number of nitrogens with zero attached hydrogens (tertiary/aromatic N) is 1. The van der Waals surface area contributed by atoms with Crippen LogP contribution in [0.1, 0.15) is 32.6 Å². The summed E-state index contributed by atoms with van der Waals surface area (Å²) >= 11 is 0. The van der Waals surface area contributed by atoms with Gasteiger partial charge in [0.25, 0.3) is 5.91 Å². The zero-order valence-electron chi connectivity index (χ0n) is 11.8. The smallest absolute Gasteiger partial charge is 0.325 e. The maximum Gasteiger partial charge on any atom is 0.325 e. The normalized spacial score (nSPS) is 20.6. The van der Waals surface area contributed by atoms with E-state index in [9.17, 15) is 14.4 Å². The first-order chi connectivity index (χ1) is 9.59. The molecule has 0 aromatic heterocycles. The van der Waals surface area contributed by atoms with Crippen molar-refractivity contribution in [3.8, 4) is 0 Å². The van der Waals surface area contributed by atoms with E-state index in [0.29, 0.717) is 25.9 Å². The van der Waals surface area contributed by atoms with Crippen LogP contribution in [0.5, 0.6) is 0 Å². The van der Waals surface area contributed by atoms with Crippen molar-refractivity contribution in [3.05, 3.63) is 0 Å². The van der Waals surface area contributed by atoms with E-state index in [1.807, 2.05) is 6.92 Å². The molecule has 0 radical (unpaired) electrons. The molecular weight excluding hydrogens is 260 g/mol. The van der Waals surface area contributed by atoms with E-state index in [4.69, 9.17) is 0 Å². The molecule has 20 heavy (non-hydrogen) atoms. The minimum Gasteiger partial charge on any atom is -0.353 e. The molecule has 0 unspecified atom stereocenters. The Morgan fingerprint density at radius 1 is 1.30 bits per heavy atom. The first-order valence-corrected chi connectivity index (χ1v) is 7.20. The summed E-state index contributed by atoms with van der Waals surface area (Å²) in [4.78, 5) is 36.9. The molecule has 0 aromatic rings. The SMILES string of the molecule is CCNCCNC(=O)CN1C(=O)NC2(CCCC2)C1=O. The van der Waals surface area contributed by atoms with Crippen LogP contribution >= 0.6 is 0 Å². The first-order valence-electron chi connectivity index (χ1n) is 7.20. The van der Waals surface area contributed by atoms with Gasteiger partial charge in [-0.25, -0.2) is 4.79 Å². The lowest BCUT2D eigenvalue weighted by Gasteiger charge is -2.19. The van der Waals surface area contributed by atoms with Gasteiger partial charge in [0.15, 0.2) is 0 Å². The van der Waals surface area contributed by atoms with Gasteiger partial charge in [-0.15, -0.1) is 0 Å². The topological polar surface area (TPSA) is 90.5 Å². The molecule has 1 heterocycles. The molecule has 1 spiro atoms. The summed E-state index contributed by atoms with van der Waals surface area (Å²) in [5, 5.41) is 8.52. The standard InChI is InChI=1S/C13H22N4O3/c1-2-14-7-8-15-10(18)9-17-11(19)13(16-12(17)20)5-3-4-6-13/h14H,2-9H2,1H3,(H,15,18)(H,16,20). The Morgan fingerprint density at radius 2 is 2.00 bits per heavy atom. The Balaban J connectivity index is 1.85. The number of imide groups is 1. The predicted molar refractivity (Wildman–Crippen MR) is 73.0 cm³/mol. The fourth-order valence-corrected chi connectivity index (χ4v) is 2.80. The molecular formula is C13H22N4O3. The maximum absolute atomic E-state index is 12.3. The Morgan fingerprint density at radius 3 is 2.65 bits per heavy atom. The van der Waals surface area contributed by atoms with Crippen molar-refractivity contribution in [2.75, 3.05) is 26.2 Å². The Bertz CT molecular complexity index is 404. The van der Waals surface area contributed by atoms with Crippen LogP contribution in [-0.4, -0.2) is 54.5 Å². The van der Waals surface area contributed by atoms with Crippen molar-refractivity contribution in [3.63, 3.8) is 0 Å². The van der Waals surface area contributed by atoms with Crippen LogP contribution in [0.4, 0.5) is 4.79 Å². The van der Waals surface area contributed by atoms with Gasteiger partial charge in [-0.05, 0) is 19.4 Å². The molecule has 2 aliphatic rings. The number of urea groups is 1. The highest BCUT2D eigenvalue weighted by molar-refractivity contribution is 6.09. The molecule has 1 aliphatic carbocycles. The molecule has 2 rings (SSSR count). The van der Waals surface area contributed by atoms with Gasteiger partial charge in [0, 0.05) is 13.1 Å². The minimum atomic E-state index is -0.735. The number of carbonyl (C=O) groups excluding carboxylic acids is 3. The van der Waals surface area contributed by atoms with Gasteiger partial charge in [0.05, 0.1) is 0 Å². The fourth-order valence-electron chi connectivity index (χ4n) is 2.80. The van der Waals surface area contributed by atoms with E-state index in [-0.39, 0.29) is 18.4 Å². The highest BCUT2D eigenvalue weighted by atomic mass is 16.2. The molecule has 0 atom stereocenters. The summed E-state index contributed by atoms with van der Waals surface area (Å²) in [5.41, 5.74) is -0.735. The number of amides is 4. The Hall–Kier alpha value is -1.63. The third-order valence-corrected chi connectivity index (χ3v) is 3.88. The van der Waals surface area contributed by atoms with Crippen LogP contribution in [0.15, 0.2) is 0 Å². The highest BCUT2D eigenvalue weighted by Gasteiger charge is 2.52. The number of hydrogen-bond acceptors (Lipinski definition) is 4. The van der Waals surface area contributed by atoms with E-state index < -0.39 is 11.6 Å². The van der Waals surface area contributed by atoms with Crippen LogP contribution in [-0.2, 0) is 9.59 Å². The zero-order chi connectivity index (χ0) is 14.6. The third kappa shape index (κ3) is 2.92. The Kier molecular flexibility index (Phi) is 4.59. The van der Waals surface area contributed by atoms with Gasteiger partial charge >= 0.3 is 6.03 Å². The van der Waals surface area contributed by atoms with Crippen molar-refractivity contribution < 1.29 is 14.4 Å². The number of hydrogen-bond donors (Lipinski definition) is 3. The summed E-state index contributed by atoms with van der Waals surface area (Å²) < 4.78 is 0. The van der Waals surface area contributed by atoms with Crippen molar-refractivity contribution in [1.29, 1.82) is 0 Å². The molecule has 7 heteroatoms. The average Bonchev–Trinajstić information content (AvgIpc) is 2.97. The van der Waals surface area contributed by atoms with Crippen LogP contribution in [0.3, 0.4) is 0 Å². The van der Waals surface area contributed by atoms with Gasteiger partial charge in [-0.3, -0.25) is 14.5 Å². The first kappa shape index (κ1) is 14.8. The lowest BCUT2D eigenvalue weighted by molar-refractivity contribution is -0.134. The second kappa shape index (κ2) is 6.21. The summed E-state index contributed by atoms with van der Waals surface area (Å²) in [5.74, 6) is -0.553. The van der Waals surface area contributed by atoms with E-state index >= 15 is 0 Å². The van der Waals surface area contributed by atoms with Crippen molar-refractivity contribution in [2.45, 2.75) is 38.1 Å². The second-order valence-electron chi connectivity index (χ2n) is 5.31. The molecule has 0 aromatic carbocycles. The summed E-state index contributed by atoms with van der Waals surface area (Å²) in [6.07, 6.45) is 3.23. The summed E-state index contributed by atoms with van der Waals surface area (Å²) in [6, 6.07) is -0.446. The van der Waals surface area contributed by atoms with E-state index in [1.54, 1.807) is 0 Å². The monoisotopic (exact) mass is 282 g/mol. The van der Waals surface area contributed by atoms with E-state index in [1.165, 1.54) is 0 Å². The summed E-state index contributed by atoms with van der Waals surface area (Å²) in [6.45, 7) is 3.79. The lowest BCUT2D eigenvalue weighted by Crippen LogP contribution is -2.45. The van der Waals surface area contributed by atoms with Crippen molar-refractivity contribution >= 4 is 17.8 Å². The van der Waals surface area contributed by atoms with Crippen LogP contribution in [0, 0.1) is 0 Å². The molecule has 3 N–H and O–H groups in total. The quantitative estimate of drug-likeness (QED) is 0.456. The van der Waals surface area contributed by atoms with E-state index in [2.05, 4.69) is 16.0 Å². The predicted octanol–water partition coefficient (Wildman–Crippen LogP) is -0.423. The van der Waals surface area contributed by atoms with Gasteiger partial charge in [-0.2, -0.15) is 0 Å². The van der Waals surface area contributed by atoms with Crippen LogP contribution in [0.25, 0.3) is 0 Å². The molecule has 1 saturated carbocycles. The molecule has 7 nitrogen and oxygen atoms in total. The van der Waals surface area contributed by atoms with Crippen LogP contribution < -0.4 is 16.0 Å². The maximum atomic E-state index is 12.3. The van der Waals surface area contributed by atoms with Gasteiger partial charge in [-0.1, -0.05) is 19.8 Å². The minimum absolute atomic E-state index is 0.196. The summed E-state index contributed by atoms with van der Waals surface area (Å²) in [7, 11) is 0. The number of rotatable bonds is 6. The molecule has 112 valence electrons. The molecule has 2 fully saturated rings. The lowest BCUT2D eigenvalue weighted by atomic mass is 9.98. The average molecular weight is 282 g/mol. The number of likely N-dealkylation sites (N-methyl/N-ethyl adjacent to an activating group) is 1. The second-order valence-corrected chi connectivity index (χ2v) is 5.31. The largest absolute Gasteiger partial charge is 0.353 e. The highest BCUT2D eigenvalue weighted by Crippen LogP contribution is 2.34. The molecule has 1 aliphatic heterocycles. The third-order valence-electron chi connectivity index (χ3n) is 3.88.